The molecule has 0 aromatic heterocycles. The first-order chi connectivity index (χ1) is 14.1. The Morgan fingerprint density at radius 2 is 1.33 bits per heavy atom. The van der Waals surface area contributed by atoms with E-state index in [1.807, 2.05) is 52.0 Å². The van der Waals surface area contributed by atoms with Crippen LogP contribution in [0.25, 0.3) is 0 Å². The van der Waals surface area contributed by atoms with E-state index in [0.29, 0.717) is 11.5 Å². The Labute approximate surface area is 183 Å². The van der Waals surface area contributed by atoms with Crippen LogP contribution in [-0.2, 0) is 4.79 Å². The predicted octanol–water partition coefficient (Wildman–Crippen LogP) is 5.21. The molecule has 1 aromatic carbocycles. The molecule has 0 aliphatic rings. The lowest BCUT2D eigenvalue weighted by atomic mass is 9.78. The van der Waals surface area contributed by atoms with Crippen LogP contribution < -0.4 is 0 Å². The molecule has 30 heavy (non-hydrogen) atoms. The molecule has 1 unspecified atom stereocenters. The zero-order valence-electron chi connectivity index (χ0n) is 20.5. The van der Waals surface area contributed by atoms with Gasteiger partial charge in [-0.15, -0.1) is 0 Å². The Kier molecular flexibility index (Phi) is 21.0. The Balaban J connectivity index is -0.000000692. The van der Waals surface area contributed by atoms with E-state index < -0.39 is 6.04 Å². The number of halogens is 1. The fourth-order valence-corrected chi connectivity index (χ4v) is 2.15. The molecule has 5 nitrogen and oxygen atoms in total. The Hall–Kier alpha value is -1.79. The maximum absolute atomic E-state index is 12.3. The van der Waals surface area contributed by atoms with Gasteiger partial charge in [-0.3, -0.25) is 9.59 Å². The summed E-state index contributed by atoms with van der Waals surface area (Å²) in [6.45, 7) is 18.5. The van der Waals surface area contributed by atoms with Crippen LogP contribution in [0.1, 0.15) is 90.6 Å². The number of hydrogen-bond acceptors (Lipinski definition) is 4. The summed E-state index contributed by atoms with van der Waals surface area (Å²) in [5.74, 6) is 0.237. The van der Waals surface area contributed by atoms with Crippen molar-refractivity contribution in [3.63, 3.8) is 0 Å². The summed E-state index contributed by atoms with van der Waals surface area (Å²) >= 11 is 0. The molecule has 0 aliphatic heterocycles. The fraction of sp³-hybridized carbons (Fsp3) is 0.667. The van der Waals surface area contributed by atoms with E-state index in [1.54, 1.807) is 0 Å². The molecule has 1 atom stereocenters. The summed E-state index contributed by atoms with van der Waals surface area (Å²) in [5, 5.41) is 18.0. The summed E-state index contributed by atoms with van der Waals surface area (Å²) in [6, 6.07) is 6.37. The van der Waals surface area contributed by atoms with Gasteiger partial charge in [-0.1, -0.05) is 74.4 Å². The highest BCUT2D eigenvalue weighted by Gasteiger charge is 2.22. The zero-order chi connectivity index (χ0) is 24.3. The number of nitrogens with zero attached hydrogens (tertiary/aromatic N) is 1. The largest absolute Gasteiger partial charge is 0.395 e. The minimum atomic E-state index is -1.25. The molecule has 0 radical (unpaired) electrons. The van der Waals surface area contributed by atoms with Crippen LogP contribution in [0.3, 0.4) is 0 Å². The minimum Gasteiger partial charge on any atom is -0.395 e. The smallest absolute Gasteiger partial charge is 0.301 e. The highest BCUT2D eigenvalue weighted by Crippen LogP contribution is 2.34. The molecule has 2 N–H and O–H groups in total. The number of rotatable bonds is 7. The average molecular weight is 430 g/mol. The van der Waals surface area contributed by atoms with Gasteiger partial charge >= 0.3 is 6.04 Å². The van der Waals surface area contributed by atoms with Crippen molar-refractivity contribution >= 4 is 11.9 Å². The number of benzene rings is 1. The third-order valence-electron chi connectivity index (χ3n) is 4.26. The van der Waals surface area contributed by atoms with Crippen molar-refractivity contribution in [3.05, 3.63) is 35.4 Å². The van der Waals surface area contributed by atoms with E-state index in [-0.39, 0.29) is 44.0 Å². The maximum Gasteiger partial charge on any atom is 0.301 e. The normalized spacial score (nSPS) is 10.8. The molecular formula is C24H44FNO4. The topological polar surface area (TPSA) is 77.8 Å². The highest BCUT2D eigenvalue weighted by atomic mass is 19.1. The van der Waals surface area contributed by atoms with Crippen molar-refractivity contribution in [2.45, 2.75) is 74.7 Å². The van der Waals surface area contributed by atoms with Crippen LogP contribution in [0.4, 0.5) is 4.39 Å². The molecule has 0 saturated heterocycles. The van der Waals surface area contributed by atoms with E-state index >= 15 is 0 Å². The number of carbonyl (C=O) groups excluding carboxylic acids is 2. The van der Waals surface area contributed by atoms with Crippen LogP contribution in [0, 0.1) is 5.41 Å². The standard InChI is InChI=1S/C17H27NO3.C3H5FO.2C2H6/c1-13(17(2,3)4)14-5-7-15(8-6-14)16(21)18(9-11-19)10-12-20;1-2-3(4)5;2*1-2/h5-8,13,19-20H,9-12H2,1-4H3;2H2,1H3;2*1-2H3. The van der Waals surface area contributed by atoms with Crippen molar-refractivity contribution in [2.24, 2.45) is 5.41 Å². The third kappa shape index (κ3) is 14.2. The van der Waals surface area contributed by atoms with Crippen molar-refractivity contribution < 1.29 is 24.2 Å². The lowest BCUT2D eigenvalue weighted by Gasteiger charge is -2.28. The second-order valence-electron chi connectivity index (χ2n) is 7.16. The average Bonchev–Trinajstić information content (AvgIpc) is 2.75. The molecule has 0 fully saturated rings. The fourth-order valence-electron chi connectivity index (χ4n) is 2.15. The second kappa shape index (κ2) is 19.2. The first kappa shape index (κ1) is 32.9. The van der Waals surface area contributed by atoms with Gasteiger partial charge < -0.3 is 15.1 Å². The summed E-state index contributed by atoms with van der Waals surface area (Å²) < 4.78 is 10.8. The molecule has 0 spiro atoms. The number of aliphatic hydroxyl groups excluding tert-OH is 2. The van der Waals surface area contributed by atoms with Gasteiger partial charge in [0.05, 0.1) is 13.2 Å². The van der Waals surface area contributed by atoms with Gasteiger partial charge in [0.15, 0.2) is 0 Å². The van der Waals surface area contributed by atoms with Crippen LogP contribution in [0.5, 0.6) is 0 Å². The van der Waals surface area contributed by atoms with E-state index in [0.717, 1.165) is 0 Å². The highest BCUT2D eigenvalue weighted by molar-refractivity contribution is 5.94. The van der Waals surface area contributed by atoms with Crippen molar-refractivity contribution in [3.8, 4) is 0 Å². The Morgan fingerprint density at radius 1 is 0.967 bits per heavy atom. The zero-order valence-corrected chi connectivity index (χ0v) is 20.5. The Morgan fingerprint density at radius 3 is 1.60 bits per heavy atom. The van der Waals surface area contributed by atoms with Gasteiger partial charge in [-0.05, 0) is 29.0 Å². The molecule has 1 rings (SSSR count). The molecule has 1 amide bonds. The quantitative estimate of drug-likeness (QED) is 0.583. The molecule has 1 aromatic rings. The molecule has 176 valence electrons. The van der Waals surface area contributed by atoms with E-state index in [4.69, 9.17) is 15.0 Å². The number of hydrogen-bond donors (Lipinski definition) is 2. The number of carbonyl (C=O) groups is 2. The van der Waals surface area contributed by atoms with Gasteiger partial charge in [0.1, 0.15) is 0 Å². The first-order valence-corrected chi connectivity index (χ1v) is 10.9. The van der Waals surface area contributed by atoms with E-state index in [1.165, 1.54) is 17.4 Å². The summed E-state index contributed by atoms with van der Waals surface area (Å²) in [6.07, 6.45) is 0. The predicted molar refractivity (Wildman–Crippen MR) is 123 cm³/mol. The van der Waals surface area contributed by atoms with Gasteiger partial charge in [0.2, 0.25) is 0 Å². The molecule has 0 heterocycles. The van der Waals surface area contributed by atoms with Gasteiger partial charge in [0, 0.05) is 25.1 Å². The molecular weight excluding hydrogens is 385 g/mol. The SMILES string of the molecule is CC.CC.CC(c1ccc(C(=O)N(CCO)CCO)cc1)C(C)(C)C.CCC(=O)F. The van der Waals surface area contributed by atoms with Crippen LogP contribution in [0.15, 0.2) is 24.3 Å². The van der Waals surface area contributed by atoms with E-state index in [2.05, 4.69) is 27.7 Å². The van der Waals surface area contributed by atoms with Crippen molar-refractivity contribution in [1.82, 2.24) is 4.90 Å². The van der Waals surface area contributed by atoms with Gasteiger partial charge in [-0.25, -0.2) is 0 Å². The van der Waals surface area contributed by atoms with Gasteiger partial charge in [-0.2, -0.15) is 4.39 Å². The summed E-state index contributed by atoms with van der Waals surface area (Å²) in [5.41, 5.74) is 1.96. The van der Waals surface area contributed by atoms with Gasteiger partial charge in [0.25, 0.3) is 5.91 Å². The summed E-state index contributed by atoms with van der Waals surface area (Å²) in [4.78, 5) is 22.9. The van der Waals surface area contributed by atoms with Crippen molar-refractivity contribution in [1.29, 1.82) is 0 Å². The lowest BCUT2D eigenvalue weighted by Crippen LogP contribution is -2.35. The summed E-state index contributed by atoms with van der Waals surface area (Å²) in [7, 11) is 0. The first-order valence-electron chi connectivity index (χ1n) is 10.9. The number of aliphatic hydroxyl groups is 2. The Bertz CT molecular complexity index is 547. The number of amides is 1. The monoisotopic (exact) mass is 429 g/mol. The van der Waals surface area contributed by atoms with Crippen LogP contribution in [-0.4, -0.2) is 53.4 Å². The lowest BCUT2D eigenvalue weighted by molar-refractivity contribution is -0.128. The van der Waals surface area contributed by atoms with Crippen LogP contribution in [0.2, 0.25) is 0 Å². The second-order valence-corrected chi connectivity index (χ2v) is 7.16. The molecule has 0 saturated carbocycles. The van der Waals surface area contributed by atoms with E-state index in [9.17, 15) is 9.18 Å². The van der Waals surface area contributed by atoms with Crippen LogP contribution >= 0.6 is 0 Å². The van der Waals surface area contributed by atoms with Crippen molar-refractivity contribution in [2.75, 3.05) is 26.3 Å². The maximum atomic E-state index is 12.3. The third-order valence-corrected chi connectivity index (χ3v) is 4.26. The molecule has 0 bridgehead atoms. The minimum absolute atomic E-state index is 0. The molecule has 0 aliphatic carbocycles. The molecule has 6 heteroatoms.